The van der Waals surface area contributed by atoms with Gasteiger partial charge >= 0.3 is 0 Å². The molecule has 1 N–H and O–H groups in total. The molecule has 25 heavy (non-hydrogen) atoms. The molecular formula is C22H32O3. The molecule has 0 spiro atoms. The van der Waals surface area contributed by atoms with E-state index < -0.39 is 0 Å². The quantitative estimate of drug-likeness (QED) is 0.806. The van der Waals surface area contributed by atoms with Gasteiger partial charge in [0.15, 0.2) is 0 Å². The first-order valence-corrected chi connectivity index (χ1v) is 9.23. The molecule has 3 aliphatic rings. The molecule has 1 fully saturated rings. The summed E-state index contributed by atoms with van der Waals surface area (Å²) in [6.45, 7) is 11.4. The van der Waals surface area contributed by atoms with Crippen LogP contribution in [0.4, 0.5) is 0 Å². The third kappa shape index (κ3) is 2.77. The SMILES string of the molecule is COc1cc(C(C)(C)C)cc(OC)c1C1C=C(CO)C2CC1C2(C)C. The van der Waals surface area contributed by atoms with Crippen LogP contribution in [-0.2, 0) is 5.41 Å². The number of hydrogen-bond donors (Lipinski definition) is 1. The second-order valence-corrected chi connectivity index (χ2v) is 9.19. The highest BCUT2D eigenvalue weighted by atomic mass is 16.5. The summed E-state index contributed by atoms with van der Waals surface area (Å²) in [5.74, 6) is 3.06. The van der Waals surface area contributed by atoms with E-state index in [0.29, 0.717) is 11.8 Å². The van der Waals surface area contributed by atoms with Gasteiger partial charge in [-0.05, 0) is 52.4 Å². The summed E-state index contributed by atoms with van der Waals surface area (Å²) in [5.41, 5.74) is 3.73. The summed E-state index contributed by atoms with van der Waals surface area (Å²) in [6, 6.07) is 4.31. The lowest BCUT2D eigenvalue weighted by Gasteiger charge is -2.59. The van der Waals surface area contributed by atoms with Crippen LogP contribution in [0.25, 0.3) is 0 Å². The Labute approximate surface area is 152 Å². The van der Waals surface area contributed by atoms with Crippen molar-refractivity contribution < 1.29 is 14.6 Å². The summed E-state index contributed by atoms with van der Waals surface area (Å²) < 4.78 is 11.6. The van der Waals surface area contributed by atoms with Crippen molar-refractivity contribution in [3.8, 4) is 11.5 Å². The van der Waals surface area contributed by atoms with Gasteiger partial charge in [-0.1, -0.05) is 40.7 Å². The van der Waals surface area contributed by atoms with Crippen LogP contribution in [0.1, 0.15) is 58.1 Å². The molecule has 1 aromatic carbocycles. The molecule has 3 atom stereocenters. The predicted molar refractivity (Wildman–Crippen MR) is 102 cm³/mol. The zero-order chi connectivity index (χ0) is 18.6. The van der Waals surface area contributed by atoms with Crippen molar-refractivity contribution in [1.82, 2.24) is 0 Å². The van der Waals surface area contributed by atoms with E-state index in [4.69, 9.17) is 9.47 Å². The minimum atomic E-state index is 0.0264. The highest BCUT2D eigenvalue weighted by molar-refractivity contribution is 5.55. The number of benzene rings is 1. The van der Waals surface area contributed by atoms with E-state index in [2.05, 4.69) is 52.8 Å². The molecule has 0 saturated heterocycles. The van der Waals surface area contributed by atoms with Crippen molar-refractivity contribution in [3.63, 3.8) is 0 Å². The molecule has 0 radical (unpaired) electrons. The van der Waals surface area contributed by atoms with Gasteiger partial charge in [0.25, 0.3) is 0 Å². The first-order chi connectivity index (χ1) is 11.6. The summed E-state index contributed by atoms with van der Waals surface area (Å²) >= 11 is 0. The lowest BCUT2D eigenvalue weighted by molar-refractivity contribution is -0.0260. The highest BCUT2D eigenvalue weighted by Crippen LogP contribution is 2.65. The van der Waals surface area contributed by atoms with Crippen molar-refractivity contribution in [3.05, 3.63) is 34.9 Å². The van der Waals surface area contributed by atoms with Crippen LogP contribution in [0, 0.1) is 17.3 Å². The molecule has 3 nitrogen and oxygen atoms in total. The average Bonchev–Trinajstić information content (AvgIpc) is 2.58. The first kappa shape index (κ1) is 18.3. The Morgan fingerprint density at radius 2 is 1.68 bits per heavy atom. The van der Waals surface area contributed by atoms with Crippen molar-refractivity contribution in [2.45, 2.75) is 52.4 Å². The van der Waals surface area contributed by atoms with Crippen LogP contribution in [0.3, 0.4) is 0 Å². The monoisotopic (exact) mass is 344 g/mol. The number of allylic oxidation sites excluding steroid dienone is 1. The zero-order valence-corrected chi connectivity index (χ0v) is 16.6. The molecule has 4 rings (SSSR count). The molecule has 3 unspecified atom stereocenters. The second-order valence-electron chi connectivity index (χ2n) is 9.19. The van der Waals surface area contributed by atoms with Crippen LogP contribution < -0.4 is 9.47 Å². The van der Waals surface area contributed by atoms with Crippen molar-refractivity contribution in [1.29, 1.82) is 0 Å². The van der Waals surface area contributed by atoms with E-state index in [1.165, 1.54) is 11.1 Å². The largest absolute Gasteiger partial charge is 0.496 e. The normalized spacial score (nSPS) is 27.4. The molecule has 1 aromatic rings. The van der Waals surface area contributed by atoms with Gasteiger partial charge in [0, 0.05) is 11.5 Å². The average molecular weight is 344 g/mol. The topological polar surface area (TPSA) is 38.7 Å². The number of hydrogen-bond acceptors (Lipinski definition) is 3. The highest BCUT2D eigenvalue weighted by Gasteiger charge is 2.56. The molecular weight excluding hydrogens is 312 g/mol. The number of aliphatic hydroxyl groups excluding tert-OH is 1. The van der Waals surface area contributed by atoms with E-state index in [-0.39, 0.29) is 23.4 Å². The number of ether oxygens (including phenoxy) is 2. The minimum Gasteiger partial charge on any atom is -0.496 e. The number of methoxy groups -OCH3 is 2. The number of fused-ring (bicyclic) bond motifs is 1. The maximum absolute atomic E-state index is 9.86. The molecule has 1 saturated carbocycles. The Morgan fingerprint density at radius 3 is 2.08 bits per heavy atom. The van der Waals surface area contributed by atoms with Gasteiger partial charge in [-0.3, -0.25) is 0 Å². The van der Waals surface area contributed by atoms with E-state index in [9.17, 15) is 5.11 Å². The molecule has 0 aliphatic heterocycles. The summed E-state index contributed by atoms with van der Waals surface area (Å²) in [5, 5.41) is 9.86. The third-order valence-corrected chi connectivity index (χ3v) is 6.54. The Hall–Kier alpha value is -1.48. The third-order valence-electron chi connectivity index (χ3n) is 6.54. The Balaban J connectivity index is 2.17. The fourth-order valence-corrected chi connectivity index (χ4v) is 4.81. The van der Waals surface area contributed by atoms with Crippen LogP contribution in [0.2, 0.25) is 0 Å². The lowest BCUT2D eigenvalue weighted by atomic mass is 9.45. The number of rotatable bonds is 4. The fraction of sp³-hybridized carbons (Fsp3) is 0.636. The molecule has 3 aliphatic carbocycles. The maximum atomic E-state index is 9.86. The summed E-state index contributed by atoms with van der Waals surface area (Å²) in [6.07, 6.45) is 3.40. The van der Waals surface area contributed by atoms with E-state index in [1.54, 1.807) is 14.2 Å². The van der Waals surface area contributed by atoms with Gasteiger partial charge in [-0.15, -0.1) is 0 Å². The van der Waals surface area contributed by atoms with E-state index >= 15 is 0 Å². The fourth-order valence-electron chi connectivity index (χ4n) is 4.81. The first-order valence-electron chi connectivity index (χ1n) is 9.23. The second kappa shape index (κ2) is 6.05. The molecule has 0 heterocycles. The van der Waals surface area contributed by atoms with E-state index in [0.717, 1.165) is 23.5 Å². The van der Waals surface area contributed by atoms with Crippen LogP contribution >= 0.6 is 0 Å². The summed E-state index contributed by atoms with van der Waals surface area (Å²) in [4.78, 5) is 0. The van der Waals surface area contributed by atoms with Crippen molar-refractivity contribution in [2.24, 2.45) is 17.3 Å². The van der Waals surface area contributed by atoms with Crippen molar-refractivity contribution in [2.75, 3.05) is 20.8 Å². The molecule has 3 heteroatoms. The zero-order valence-electron chi connectivity index (χ0n) is 16.6. The Kier molecular flexibility index (Phi) is 4.43. The molecule has 138 valence electrons. The van der Waals surface area contributed by atoms with Gasteiger partial charge in [0.1, 0.15) is 11.5 Å². The van der Waals surface area contributed by atoms with Gasteiger partial charge in [0.2, 0.25) is 0 Å². The maximum Gasteiger partial charge on any atom is 0.126 e. The predicted octanol–water partition coefficient (Wildman–Crippen LogP) is 4.68. The summed E-state index contributed by atoms with van der Waals surface area (Å²) in [7, 11) is 3.47. The van der Waals surface area contributed by atoms with Gasteiger partial charge in [0.05, 0.1) is 20.8 Å². The molecule has 0 aromatic heterocycles. The van der Waals surface area contributed by atoms with Crippen LogP contribution in [-0.4, -0.2) is 25.9 Å². The van der Waals surface area contributed by atoms with Crippen molar-refractivity contribution >= 4 is 0 Å². The van der Waals surface area contributed by atoms with Crippen LogP contribution in [0.15, 0.2) is 23.8 Å². The van der Waals surface area contributed by atoms with E-state index in [1.807, 2.05) is 0 Å². The van der Waals surface area contributed by atoms with Gasteiger partial charge in [-0.25, -0.2) is 0 Å². The minimum absolute atomic E-state index is 0.0264. The van der Waals surface area contributed by atoms with Crippen LogP contribution in [0.5, 0.6) is 11.5 Å². The standard InChI is InChI=1S/C22H32O3/c1-21(2,3)14-9-18(24-6)20(19(10-14)25-7)15-8-13(12-23)16-11-17(15)22(16,4)5/h8-10,15-17,23H,11-12H2,1-7H3. The Morgan fingerprint density at radius 1 is 1.12 bits per heavy atom. The smallest absolute Gasteiger partial charge is 0.126 e. The molecule has 2 bridgehead atoms. The van der Waals surface area contributed by atoms with Gasteiger partial charge in [-0.2, -0.15) is 0 Å². The molecule has 0 amide bonds. The lowest BCUT2D eigenvalue weighted by Crippen LogP contribution is -2.51. The Bertz CT molecular complexity index is 669. The number of aliphatic hydroxyl groups is 1. The van der Waals surface area contributed by atoms with Gasteiger partial charge < -0.3 is 14.6 Å².